The van der Waals surface area contributed by atoms with E-state index in [1.165, 1.54) is 0 Å². The molecule has 0 fully saturated rings. The van der Waals surface area contributed by atoms with Crippen LogP contribution in [0, 0.1) is 5.92 Å². The van der Waals surface area contributed by atoms with Crippen LogP contribution in [0.2, 0.25) is 0 Å². The molecule has 0 bridgehead atoms. The van der Waals surface area contributed by atoms with Crippen molar-refractivity contribution in [3.63, 3.8) is 0 Å². The number of carbonyl (C=O) groups is 1. The lowest BCUT2D eigenvalue weighted by atomic mass is 9.99. The molecule has 0 aliphatic heterocycles. The van der Waals surface area contributed by atoms with Crippen molar-refractivity contribution < 1.29 is 9.90 Å². The van der Waals surface area contributed by atoms with Gasteiger partial charge in [0.05, 0.1) is 6.42 Å². The van der Waals surface area contributed by atoms with E-state index in [2.05, 4.69) is 13.5 Å². The standard InChI is InChI=1S/C11H18O2/c1-3-5-6-8-10(7-4-2)9-11(12)13/h3,6,8,10H,1,4-5,7,9H2,2H3,(H,12,13). The Labute approximate surface area is 80.0 Å². The highest BCUT2D eigenvalue weighted by molar-refractivity contribution is 5.67. The summed E-state index contributed by atoms with van der Waals surface area (Å²) >= 11 is 0. The second-order valence-electron chi connectivity index (χ2n) is 3.10. The molecule has 0 aliphatic carbocycles. The van der Waals surface area contributed by atoms with Gasteiger partial charge in [-0.2, -0.15) is 0 Å². The fourth-order valence-corrected chi connectivity index (χ4v) is 1.23. The average molecular weight is 182 g/mol. The molecule has 13 heavy (non-hydrogen) atoms. The van der Waals surface area contributed by atoms with Crippen LogP contribution in [0.1, 0.15) is 32.6 Å². The van der Waals surface area contributed by atoms with Gasteiger partial charge in [-0.3, -0.25) is 4.79 Å². The molecular weight excluding hydrogens is 164 g/mol. The Kier molecular flexibility index (Phi) is 6.98. The molecule has 2 nitrogen and oxygen atoms in total. The lowest BCUT2D eigenvalue weighted by Gasteiger charge is -2.07. The third-order valence-corrected chi connectivity index (χ3v) is 1.81. The van der Waals surface area contributed by atoms with E-state index in [0.717, 1.165) is 19.3 Å². The number of carboxylic acids is 1. The first-order valence-electron chi connectivity index (χ1n) is 4.70. The summed E-state index contributed by atoms with van der Waals surface area (Å²) in [7, 11) is 0. The molecule has 0 rings (SSSR count). The van der Waals surface area contributed by atoms with E-state index in [1.807, 2.05) is 12.2 Å². The maximum Gasteiger partial charge on any atom is 0.303 e. The summed E-state index contributed by atoms with van der Waals surface area (Å²) < 4.78 is 0. The van der Waals surface area contributed by atoms with Gasteiger partial charge in [0, 0.05) is 0 Å². The van der Waals surface area contributed by atoms with Crippen molar-refractivity contribution >= 4 is 5.97 Å². The number of hydrogen-bond donors (Lipinski definition) is 1. The van der Waals surface area contributed by atoms with Crippen LogP contribution >= 0.6 is 0 Å². The highest BCUT2D eigenvalue weighted by atomic mass is 16.4. The molecule has 0 aliphatic rings. The molecule has 74 valence electrons. The second kappa shape index (κ2) is 7.59. The molecule has 0 aromatic rings. The summed E-state index contributed by atoms with van der Waals surface area (Å²) in [6, 6.07) is 0. The zero-order valence-electron chi connectivity index (χ0n) is 8.20. The molecule has 1 N–H and O–H groups in total. The van der Waals surface area contributed by atoms with Gasteiger partial charge in [-0.15, -0.1) is 6.58 Å². The summed E-state index contributed by atoms with van der Waals surface area (Å²) in [6.07, 6.45) is 8.80. The minimum absolute atomic E-state index is 0.183. The Balaban J connectivity index is 3.92. The summed E-state index contributed by atoms with van der Waals surface area (Å²) in [5, 5.41) is 8.61. The number of aliphatic carboxylic acids is 1. The van der Waals surface area contributed by atoms with Crippen molar-refractivity contribution in [3.8, 4) is 0 Å². The van der Waals surface area contributed by atoms with E-state index < -0.39 is 5.97 Å². The maximum atomic E-state index is 10.5. The second-order valence-corrected chi connectivity index (χ2v) is 3.10. The van der Waals surface area contributed by atoms with E-state index in [-0.39, 0.29) is 12.3 Å². The van der Waals surface area contributed by atoms with Crippen LogP contribution in [0.4, 0.5) is 0 Å². The molecule has 0 spiro atoms. The Bertz CT molecular complexity index is 183. The van der Waals surface area contributed by atoms with Gasteiger partial charge in [0.25, 0.3) is 0 Å². The van der Waals surface area contributed by atoms with Gasteiger partial charge in [-0.1, -0.05) is 31.6 Å². The van der Waals surface area contributed by atoms with Gasteiger partial charge in [-0.05, 0) is 18.8 Å². The molecule has 1 unspecified atom stereocenters. The fraction of sp³-hybridized carbons (Fsp3) is 0.545. The summed E-state index contributed by atoms with van der Waals surface area (Å²) in [5.41, 5.74) is 0. The van der Waals surface area contributed by atoms with Gasteiger partial charge >= 0.3 is 5.97 Å². The first-order chi connectivity index (χ1) is 6.20. The zero-order valence-corrected chi connectivity index (χ0v) is 8.20. The van der Waals surface area contributed by atoms with Crippen molar-refractivity contribution in [1.29, 1.82) is 0 Å². The number of rotatable bonds is 7. The smallest absolute Gasteiger partial charge is 0.303 e. The summed E-state index contributed by atoms with van der Waals surface area (Å²) in [5.74, 6) is -0.538. The normalized spacial score (nSPS) is 13.0. The van der Waals surface area contributed by atoms with Crippen LogP contribution in [-0.2, 0) is 4.79 Å². The molecule has 0 aromatic heterocycles. The van der Waals surface area contributed by atoms with Gasteiger partial charge in [0.2, 0.25) is 0 Å². The first kappa shape index (κ1) is 11.9. The van der Waals surface area contributed by atoms with Crippen molar-refractivity contribution in [1.82, 2.24) is 0 Å². The van der Waals surface area contributed by atoms with Gasteiger partial charge in [-0.25, -0.2) is 0 Å². The highest BCUT2D eigenvalue weighted by Crippen LogP contribution is 2.13. The molecule has 0 saturated carbocycles. The third-order valence-electron chi connectivity index (χ3n) is 1.81. The number of allylic oxidation sites excluding steroid dienone is 3. The van der Waals surface area contributed by atoms with Crippen molar-refractivity contribution in [2.45, 2.75) is 32.6 Å². The Hall–Kier alpha value is -1.05. The van der Waals surface area contributed by atoms with Crippen LogP contribution in [0.3, 0.4) is 0 Å². The van der Waals surface area contributed by atoms with Crippen LogP contribution in [0.5, 0.6) is 0 Å². The molecule has 0 amide bonds. The zero-order chi connectivity index (χ0) is 10.1. The fourth-order valence-electron chi connectivity index (χ4n) is 1.23. The first-order valence-corrected chi connectivity index (χ1v) is 4.70. The molecule has 1 atom stereocenters. The molecule has 0 saturated heterocycles. The van der Waals surface area contributed by atoms with Crippen molar-refractivity contribution in [3.05, 3.63) is 24.8 Å². The molecule has 0 aromatic carbocycles. The molecule has 0 radical (unpaired) electrons. The van der Waals surface area contributed by atoms with E-state index >= 15 is 0 Å². The van der Waals surface area contributed by atoms with Crippen molar-refractivity contribution in [2.24, 2.45) is 5.92 Å². The number of carboxylic acid groups (broad SMARTS) is 1. The lowest BCUT2D eigenvalue weighted by molar-refractivity contribution is -0.137. The predicted molar refractivity (Wildman–Crippen MR) is 54.6 cm³/mol. The number of hydrogen-bond acceptors (Lipinski definition) is 1. The SMILES string of the molecule is C=CCC=CC(CCC)CC(=O)O. The van der Waals surface area contributed by atoms with E-state index in [9.17, 15) is 4.79 Å². The monoisotopic (exact) mass is 182 g/mol. The van der Waals surface area contributed by atoms with Crippen LogP contribution in [0.25, 0.3) is 0 Å². The Morgan fingerprint density at radius 1 is 1.62 bits per heavy atom. The van der Waals surface area contributed by atoms with Crippen molar-refractivity contribution in [2.75, 3.05) is 0 Å². The third kappa shape index (κ3) is 7.32. The van der Waals surface area contributed by atoms with Gasteiger partial charge in [0.15, 0.2) is 0 Å². The van der Waals surface area contributed by atoms with Crippen LogP contribution < -0.4 is 0 Å². The topological polar surface area (TPSA) is 37.3 Å². The Morgan fingerprint density at radius 2 is 2.31 bits per heavy atom. The van der Waals surface area contributed by atoms with Crippen LogP contribution in [-0.4, -0.2) is 11.1 Å². The van der Waals surface area contributed by atoms with Crippen LogP contribution in [0.15, 0.2) is 24.8 Å². The summed E-state index contributed by atoms with van der Waals surface area (Å²) in [4.78, 5) is 10.5. The van der Waals surface area contributed by atoms with E-state index in [4.69, 9.17) is 5.11 Å². The summed E-state index contributed by atoms with van der Waals surface area (Å²) in [6.45, 7) is 5.66. The average Bonchev–Trinajstić information content (AvgIpc) is 2.04. The van der Waals surface area contributed by atoms with Gasteiger partial charge in [0.1, 0.15) is 0 Å². The largest absolute Gasteiger partial charge is 0.481 e. The minimum atomic E-state index is -0.721. The predicted octanol–water partition coefficient (Wildman–Crippen LogP) is 3.01. The van der Waals surface area contributed by atoms with E-state index in [0.29, 0.717) is 0 Å². The highest BCUT2D eigenvalue weighted by Gasteiger charge is 2.07. The minimum Gasteiger partial charge on any atom is -0.481 e. The molecular formula is C11H18O2. The van der Waals surface area contributed by atoms with E-state index in [1.54, 1.807) is 6.08 Å². The maximum absolute atomic E-state index is 10.5. The lowest BCUT2D eigenvalue weighted by Crippen LogP contribution is -2.04. The molecule has 2 heteroatoms. The quantitative estimate of drug-likeness (QED) is 0.614. The molecule has 0 heterocycles. The van der Waals surface area contributed by atoms with Gasteiger partial charge < -0.3 is 5.11 Å². The Morgan fingerprint density at radius 3 is 2.77 bits per heavy atom.